The van der Waals surface area contributed by atoms with Gasteiger partial charge in [0.1, 0.15) is 30.5 Å². The van der Waals surface area contributed by atoms with Crippen LogP contribution in [0.1, 0.15) is 34.1 Å². The lowest BCUT2D eigenvalue weighted by atomic mass is 10.00. The van der Waals surface area contributed by atoms with Gasteiger partial charge in [-0.05, 0) is 53.6 Å². The van der Waals surface area contributed by atoms with Crippen LogP contribution in [-0.4, -0.2) is 21.8 Å². The van der Waals surface area contributed by atoms with Gasteiger partial charge in [-0.25, -0.2) is 9.37 Å². The first-order valence-corrected chi connectivity index (χ1v) is 12.5. The molecule has 0 saturated heterocycles. The predicted molar refractivity (Wildman–Crippen MR) is 135 cm³/mol. The zero-order valence-electron chi connectivity index (χ0n) is 18.5. The van der Waals surface area contributed by atoms with Crippen LogP contribution >= 0.6 is 23.4 Å². The third-order valence-electron chi connectivity index (χ3n) is 5.79. The van der Waals surface area contributed by atoms with Gasteiger partial charge in [-0.15, -0.1) is 11.8 Å². The smallest absolute Gasteiger partial charge is 0.304 e. The maximum atomic E-state index is 13.7. The van der Waals surface area contributed by atoms with Gasteiger partial charge >= 0.3 is 5.97 Å². The Balaban J connectivity index is 1.41. The number of rotatable bonds is 7. The van der Waals surface area contributed by atoms with Crippen molar-refractivity contribution in [1.29, 1.82) is 0 Å². The van der Waals surface area contributed by atoms with Crippen LogP contribution in [-0.2, 0) is 18.0 Å². The molecule has 2 heterocycles. The highest BCUT2D eigenvalue weighted by Gasteiger charge is 2.26. The highest BCUT2D eigenvalue weighted by molar-refractivity contribution is 7.99. The number of carboxylic acids is 1. The third kappa shape index (κ3) is 5.06. The molecule has 0 bridgehead atoms. The minimum atomic E-state index is -0.820. The maximum Gasteiger partial charge on any atom is 0.304 e. The van der Waals surface area contributed by atoms with E-state index >= 15 is 0 Å². The SMILES string of the molecule is O=C(O)CCSC1c2ccccc2COc2ccc(OCc3ccc4c(Cl)c(F)ccc4n3)cc21. The average Bonchev–Trinajstić information content (AvgIpc) is 3.02. The number of fused-ring (bicyclic) bond motifs is 3. The van der Waals surface area contributed by atoms with Crippen molar-refractivity contribution >= 4 is 40.2 Å². The molecule has 4 aromatic rings. The second-order valence-electron chi connectivity index (χ2n) is 8.10. The molecule has 0 fully saturated rings. The standard InChI is InChI=1S/C27H21ClFNO4S/c28-26-20-7-5-17(30-23(20)9-8-22(26)29)15-33-18-6-10-24-21(13-18)27(35-12-11-25(31)32)19-4-2-1-3-16(19)14-34-24/h1-10,13,27H,11-12,14-15H2,(H,31,32). The Morgan fingerprint density at radius 2 is 2.00 bits per heavy atom. The average molecular weight is 510 g/mol. The summed E-state index contributed by atoms with van der Waals surface area (Å²) in [5, 5.41) is 9.64. The van der Waals surface area contributed by atoms with E-state index in [0.29, 0.717) is 34.7 Å². The lowest BCUT2D eigenvalue weighted by molar-refractivity contribution is -0.136. The zero-order valence-corrected chi connectivity index (χ0v) is 20.1. The number of thioether (sulfide) groups is 1. The summed E-state index contributed by atoms with van der Waals surface area (Å²) in [5.41, 5.74) is 4.41. The molecule has 1 aromatic heterocycles. The fourth-order valence-corrected chi connectivity index (χ4v) is 5.59. The van der Waals surface area contributed by atoms with E-state index in [2.05, 4.69) is 11.1 Å². The largest absolute Gasteiger partial charge is 0.489 e. The van der Waals surface area contributed by atoms with Crippen molar-refractivity contribution in [1.82, 2.24) is 4.98 Å². The van der Waals surface area contributed by atoms with Gasteiger partial charge in [-0.1, -0.05) is 35.9 Å². The number of hydrogen-bond donors (Lipinski definition) is 1. The van der Waals surface area contributed by atoms with Gasteiger partial charge in [0, 0.05) is 16.7 Å². The molecule has 0 amide bonds. The molecule has 5 rings (SSSR count). The topological polar surface area (TPSA) is 68.7 Å². The Morgan fingerprint density at radius 3 is 2.86 bits per heavy atom. The minimum Gasteiger partial charge on any atom is -0.489 e. The van der Waals surface area contributed by atoms with Gasteiger partial charge < -0.3 is 14.6 Å². The fraction of sp³-hybridized carbons (Fsp3) is 0.185. The molecule has 5 nitrogen and oxygen atoms in total. The van der Waals surface area contributed by atoms with E-state index < -0.39 is 11.8 Å². The van der Waals surface area contributed by atoms with Gasteiger partial charge in [-0.2, -0.15) is 0 Å². The summed E-state index contributed by atoms with van der Waals surface area (Å²) in [6, 6.07) is 20.1. The molecule has 1 aliphatic rings. The zero-order chi connectivity index (χ0) is 24.4. The first kappa shape index (κ1) is 23.5. The molecule has 8 heteroatoms. The molecule has 0 saturated carbocycles. The van der Waals surface area contributed by atoms with Crippen molar-refractivity contribution in [3.63, 3.8) is 0 Å². The van der Waals surface area contributed by atoms with Gasteiger partial charge in [0.2, 0.25) is 0 Å². The monoisotopic (exact) mass is 509 g/mol. The van der Waals surface area contributed by atoms with E-state index in [4.69, 9.17) is 26.2 Å². The number of aliphatic carboxylic acids is 1. The first-order chi connectivity index (χ1) is 17.0. The van der Waals surface area contributed by atoms with Crippen molar-refractivity contribution in [3.8, 4) is 11.5 Å². The van der Waals surface area contributed by atoms with E-state index in [0.717, 1.165) is 22.4 Å². The van der Waals surface area contributed by atoms with Crippen molar-refractivity contribution < 1.29 is 23.8 Å². The molecule has 0 radical (unpaired) electrons. The second kappa shape index (κ2) is 10.1. The lowest BCUT2D eigenvalue weighted by Gasteiger charge is -2.19. The van der Waals surface area contributed by atoms with E-state index in [1.807, 2.05) is 36.4 Å². The molecule has 0 spiro atoms. The minimum absolute atomic E-state index is 0.0555. The molecule has 178 valence electrons. The van der Waals surface area contributed by atoms with E-state index in [-0.39, 0.29) is 23.3 Å². The van der Waals surface area contributed by atoms with Crippen molar-refractivity contribution in [2.45, 2.75) is 24.9 Å². The highest BCUT2D eigenvalue weighted by atomic mass is 35.5. The molecular formula is C27H21ClFNO4S. The van der Waals surface area contributed by atoms with Crippen LogP contribution in [0.25, 0.3) is 10.9 Å². The second-order valence-corrected chi connectivity index (χ2v) is 9.69. The number of pyridine rings is 1. The number of carbonyl (C=O) groups is 1. The summed E-state index contributed by atoms with van der Waals surface area (Å²) in [6.07, 6.45) is 0.0806. The van der Waals surface area contributed by atoms with Crippen molar-refractivity contribution in [3.05, 3.63) is 100.0 Å². The Hall–Kier alpha value is -3.29. The first-order valence-electron chi connectivity index (χ1n) is 11.0. The molecule has 1 atom stereocenters. The summed E-state index contributed by atoms with van der Waals surface area (Å²) in [6.45, 7) is 0.668. The number of ether oxygens (including phenoxy) is 2. The van der Waals surface area contributed by atoms with Gasteiger partial charge in [0.15, 0.2) is 0 Å². The van der Waals surface area contributed by atoms with Crippen LogP contribution < -0.4 is 9.47 Å². The Labute approximate surface area is 210 Å². The fourth-order valence-electron chi connectivity index (χ4n) is 4.06. The Bertz CT molecular complexity index is 1410. The summed E-state index contributed by atoms with van der Waals surface area (Å²) >= 11 is 7.62. The number of benzene rings is 3. The van der Waals surface area contributed by atoms with Crippen LogP contribution in [0.2, 0.25) is 5.02 Å². The summed E-state index contributed by atoms with van der Waals surface area (Å²) < 4.78 is 25.8. The maximum absolute atomic E-state index is 13.7. The number of halogens is 2. The van der Waals surface area contributed by atoms with Crippen molar-refractivity contribution in [2.24, 2.45) is 0 Å². The number of nitrogens with zero attached hydrogens (tertiary/aromatic N) is 1. The molecule has 1 aliphatic heterocycles. The van der Waals surface area contributed by atoms with Crippen LogP contribution in [0.3, 0.4) is 0 Å². The van der Waals surface area contributed by atoms with Gasteiger partial charge in [0.05, 0.1) is 27.9 Å². The summed E-state index contributed by atoms with van der Waals surface area (Å²) in [5.74, 6) is 0.578. The van der Waals surface area contributed by atoms with Crippen LogP contribution in [0.4, 0.5) is 4.39 Å². The quantitative estimate of drug-likeness (QED) is 0.295. The van der Waals surface area contributed by atoms with E-state index in [1.165, 1.54) is 6.07 Å². The number of carboxylic acid groups (broad SMARTS) is 1. The van der Waals surface area contributed by atoms with Crippen LogP contribution in [0.5, 0.6) is 11.5 Å². The molecule has 35 heavy (non-hydrogen) atoms. The third-order valence-corrected chi connectivity index (χ3v) is 7.45. The van der Waals surface area contributed by atoms with Gasteiger partial charge in [0.25, 0.3) is 0 Å². The molecule has 3 aromatic carbocycles. The normalized spacial score (nSPS) is 14.5. The predicted octanol–water partition coefficient (Wildman–Crippen LogP) is 6.80. The van der Waals surface area contributed by atoms with E-state index in [1.54, 1.807) is 30.0 Å². The number of hydrogen-bond acceptors (Lipinski definition) is 5. The summed E-state index contributed by atoms with van der Waals surface area (Å²) in [7, 11) is 0. The molecular weight excluding hydrogens is 489 g/mol. The highest BCUT2D eigenvalue weighted by Crippen LogP contribution is 2.45. The van der Waals surface area contributed by atoms with Gasteiger partial charge in [-0.3, -0.25) is 4.79 Å². The van der Waals surface area contributed by atoms with Crippen molar-refractivity contribution in [2.75, 3.05) is 5.75 Å². The van der Waals surface area contributed by atoms with Crippen LogP contribution in [0, 0.1) is 5.82 Å². The Morgan fingerprint density at radius 1 is 1.14 bits per heavy atom. The molecule has 1 unspecified atom stereocenters. The molecule has 0 aliphatic carbocycles. The summed E-state index contributed by atoms with van der Waals surface area (Å²) in [4.78, 5) is 15.6. The molecule has 1 N–H and O–H groups in total. The van der Waals surface area contributed by atoms with E-state index in [9.17, 15) is 9.18 Å². The lowest BCUT2D eigenvalue weighted by Crippen LogP contribution is -2.04. The Kier molecular flexibility index (Phi) is 6.79. The number of aromatic nitrogens is 1. The van der Waals surface area contributed by atoms with Crippen LogP contribution in [0.15, 0.2) is 66.7 Å².